The van der Waals surface area contributed by atoms with Gasteiger partial charge in [0.25, 0.3) is 5.56 Å². The van der Waals surface area contributed by atoms with Crippen molar-refractivity contribution >= 4 is 42.3 Å². The third-order valence-corrected chi connectivity index (χ3v) is 15.0. The molecule has 1 aliphatic carbocycles. The lowest BCUT2D eigenvalue weighted by atomic mass is 10.1. The number of nitrogens with zero attached hydrogens (tertiary/aromatic N) is 3. The second kappa shape index (κ2) is 12.7. The summed E-state index contributed by atoms with van der Waals surface area (Å²) >= 11 is 0. The van der Waals surface area contributed by atoms with Crippen LogP contribution in [-0.4, -0.2) is 35.6 Å². The van der Waals surface area contributed by atoms with Crippen molar-refractivity contribution in [3.63, 3.8) is 0 Å². The fourth-order valence-electron chi connectivity index (χ4n) is 6.28. The maximum atomic E-state index is 13.8. The van der Waals surface area contributed by atoms with Gasteiger partial charge in [-0.2, -0.15) is 4.98 Å². The highest BCUT2D eigenvalue weighted by Crippen LogP contribution is 2.41. The van der Waals surface area contributed by atoms with Crippen LogP contribution in [0.5, 0.6) is 5.75 Å². The van der Waals surface area contributed by atoms with Gasteiger partial charge in [0.1, 0.15) is 13.8 Å². The molecular formula is C35H41N5O3Si. The number of carbonyl (C=O) groups is 1. The molecule has 2 aromatic carbocycles. The van der Waals surface area contributed by atoms with E-state index in [4.69, 9.17) is 9.72 Å². The number of methoxy groups -OCH3 is 1. The molecule has 1 fully saturated rings. The van der Waals surface area contributed by atoms with Gasteiger partial charge in [-0.3, -0.25) is 14.2 Å². The number of carbonyl (C=O) groups excluding carboxylic acids is 1. The predicted octanol–water partition coefficient (Wildman–Crippen LogP) is 7.45. The zero-order valence-corrected chi connectivity index (χ0v) is 27.6. The molecule has 1 saturated carbocycles. The van der Waals surface area contributed by atoms with E-state index in [9.17, 15) is 9.59 Å². The maximum absolute atomic E-state index is 13.8. The summed E-state index contributed by atoms with van der Waals surface area (Å²) in [5, 5.41) is 6.89. The van der Waals surface area contributed by atoms with Crippen molar-refractivity contribution in [3.05, 3.63) is 76.7 Å². The van der Waals surface area contributed by atoms with Crippen LogP contribution in [0, 0.1) is 17.4 Å². The van der Waals surface area contributed by atoms with Crippen LogP contribution in [0.3, 0.4) is 0 Å². The molecule has 0 bridgehead atoms. The molecule has 0 atom stereocenters. The molecule has 8 nitrogen and oxygen atoms in total. The molecule has 1 aliphatic rings. The van der Waals surface area contributed by atoms with Crippen molar-refractivity contribution in [3.8, 4) is 22.9 Å². The fourth-order valence-corrected chi connectivity index (χ4v) is 11.5. The number of fused-ring (bicyclic) bond motifs is 1. The molecule has 5 rings (SSSR count). The summed E-state index contributed by atoms with van der Waals surface area (Å²) < 4.78 is 7.07. The van der Waals surface area contributed by atoms with Crippen molar-refractivity contribution in [1.82, 2.24) is 14.5 Å². The Morgan fingerprint density at radius 1 is 1.00 bits per heavy atom. The Morgan fingerprint density at radius 3 is 2.27 bits per heavy atom. The van der Waals surface area contributed by atoms with E-state index >= 15 is 0 Å². The molecule has 0 saturated heterocycles. The quantitative estimate of drug-likeness (QED) is 0.152. The second-order valence-electron chi connectivity index (χ2n) is 12.4. The second-order valence-corrected chi connectivity index (χ2v) is 18.0. The first kappa shape index (κ1) is 31.0. The van der Waals surface area contributed by atoms with Crippen LogP contribution >= 0.6 is 0 Å². The topological polar surface area (TPSA) is 98.1 Å². The molecule has 0 aliphatic heterocycles. The van der Waals surface area contributed by atoms with Crippen LogP contribution in [0.4, 0.5) is 17.3 Å². The van der Waals surface area contributed by atoms with Gasteiger partial charge in [-0.15, -0.1) is 5.54 Å². The number of amides is 1. The first-order valence-electron chi connectivity index (χ1n) is 15.3. The molecule has 228 valence electrons. The van der Waals surface area contributed by atoms with Crippen molar-refractivity contribution in [1.29, 1.82) is 0 Å². The van der Waals surface area contributed by atoms with E-state index in [1.54, 1.807) is 23.9 Å². The molecule has 4 aromatic rings. The number of aromatic nitrogens is 3. The largest absolute Gasteiger partial charge is 0.495 e. The Hall–Kier alpha value is -4.42. The lowest BCUT2D eigenvalue weighted by Crippen LogP contribution is -2.43. The van der Waals surface area contributed by atoms with Crippen molar-refractivity contribution in [2.45, 2.75) is 71.0 Å². The number of anilines is 3. The van der Waals surface area contributed by atoms with Crippen LogP contribution in [-0.2, 0) is 4.79 Å². The zero-order valence-electron chi connectivity index (χ0n) is 26.6. The number of benzene rings is 2. The van der Waals surface area contributed by atoms with Gasteiger partial charge in [0, 0.05) is 29.4 Å². The van der Waals surface area contributed by atoms with E-state index in [1.807, 2.05) is 48.5 Å². The number of pyridine rings is 1. The van der Waals surface area contributed by atoms with Crippen LogP contribution in [0.2, 0.25) is 16.6 Å². The highest BCUT2D eigenvalue weighted by atomic mass is 28.3. The standard InChI is InChI=1S/C35H41N5O3Si/c1-22(2)44(23(3)4,24(5)6)19-18-26-20-32(41)40(28-16-14-27(15-17-28)37-34(42)25-12-13-25)33-29(26)21-36-35(39-33)38-30-10-8-9-11-31(30)43-7/h8-11,14-17,20-25H,12-13H2,1-7H3,(H,37,42)(H,36,38,39). The van der Waals surface area contributed by atoms with E-state index in [0.717, 1.165) is 12.8 Å². The van der Waals surface area contributed by atoms with Crippen molar-refractivity contribution < 1.29 is 9.53 Å². The van der Waals surface area contributed by atoms with Gasteiger partial charge in [-0.05, 0) is 65.9 Å². The van der Waals surface area contributed by atoms with Gasteiger partial charge < -0.3 is 15.4 Å². The lowest BCUT2D eigenvalue weighted by Gasteiger charge is -2.38. The summed E-state index contributed by atoms with van der Waals surface area (Å²) in [6, 6.07) is 16.4. The summed E-state index contributed by atoms with van der Waals surface area (Å²) in [6.45, 7) is 13.6. The summed E-state index contributed by atoms with van der Waals surface area (Å²) in [5.74, 6) is 4.56. The third-order valence-electron chi connectivity index (χ3n) is 8.73. The van der Waals surface area contributed by atoms with Crippen LogP contribution in [0.1, 0.15) is 59.9 Å². The van der Waals surface area contributed by atoms with Crippen LogP contribution in [0.15, 0.2) is 65.6 Å². The Kier molecular flexibility index (Phi) is 8.93. The fraction of sp³-hybridized carbons (Fsp3) is 0.371. The number of nitrogens with one attached hydrogen (secondary N) is 2. The van der Waals surface area contributed by atoms with E-state index < -0.39 is 8.07 Å². The minimum Gasteiger partial charge on any atom is -0.495 e. The molecule has 44 heavy (non-hydrogen) atoms. The Balaban J connectivity index is 1.65. The minimum absolute atomic E-state index is 0.0342. The maximum Gasteiger partial charge on any atom is 0.258 e. The van der Waals surface area contributed by atoms with Crippen molar-refractivity contribution in [2.75, 3.05) is 17.7 Å². The summed E-state index contributed by atoms with van der Waals surface area (Å²) in [7, 11) is -0.453. The molecule has 0 spiro atoms. The molecule has 9 heteroatoms. The third kappa shape index (κ3) is 6.13. The number of rotatable bonds is 9. The molecule has 2 heterocycles. The van der Waals surface area contributed by atoms with Crippen molar-refractivity contribution in [2.24, 2.45) is 5.92 Å². The average molecular weight is 608 g/mol. The Bertz CT molecular complexity index is 1780. The predicted molar refractivity (Wildman–Crippen MR) is 181 cm³/mol. The van der Waals surface area contributed by atoms with E-state index in [1.165, 1.54) is 0 Å². The van der Waals surface area contributed by atoms with Gasteiger partial charge in [-0.1, -0.05) is 59.6 Å². The summed E-state index contributed by atoms with van der Waals surface area (Å²) in [5.41, 5.74) is 7.94. The minimum atomic E-state index is -2.06. The molecule has 1 amide bonds. The summed E-state index contributed by atoms with van der Waals surface area (Å²) in [6.07, 6.45) is 3.59. The number of para-hydroxylation sites is 2. The Labute approximate surface area is 260 Å². The average Bonchev–Trinajstić information content (AvgIpc) is 3.84. The van der Waals surface area contributed by atoms with Crippen LogP contribution in [0.25, 0.3) is 16.7 Å². The van der Waals surface area contributed by atoms with Crippen LogP contribution < -0.4 is 20.9 Å². The molecule has 0 unspecified atom stereocenters. The van der Waals surface area contributed by atoms with Gasteiger partial charge >= 0.3 is 0 Å². The van der Waals surface area contributed by atoms with Gasteiger partial charge in [0.2, 0.25) is 11.9 Å². The highest BCUT2D eigenvalue weighted by Gasteiger charge is 2.41. The van der Waals surface area contributed by atoms with Gasteiger partial charge in [-0.25, -0.2) is 4.98 Å². The smallest absolute Gasteiger partial charge is 0.258 e. The number of ether oxygens (including phenoxy) is 1. The molecular weight excluding hydrogens is 567 g/mol. The highest BCUT2D eigenvalue weighted by molar-refractivity contribution is 6.90. The van der Waals surface area contributed by atoms with Gasteiger partial charge in [0.05, 0.1) is 23.9 Å². The number of hydrogen-bond donors (Lipinski definition) is 2. The molecule has 2 aromatic heterocycles. The van der Waals surface area contributed by atoms with E-state index in [0.29, 0.717) is 62.0 Å². The first-order chi connectivity index (χ1) is 21.0. The normalized spacial score (nSPS) is 13.2. The number of hydrogen-bond acceptors (Lipinski definition) is 6. The SMILES string of the molecule is COc1ccccc1Nc1ncc2c(C#C[Si](C(C)C)(C(C)C)C(C)C)cc(=O)n(-c3ccc(NC(=O)C4CC4)cc3)c2n1. The van der Waals surface area contributed by atoms with E-state index in [-0.39, 0.29) is 17.4 Å². The molecule has 0 radical (unpaired) electrons. The monoisotopic (exact) mass is 607 g/mol. The zero-order chi connectivity index (χ0) is 31.6. The first-order valence-corrected chi connectivity index (χ1v) is 17.6. The Morgan fingerprint density at radius 2 is 1.66 bits per heavy atom. The lowest BCUT2D eigenvalue weighted by molar-refractivity contribution is -0.117. The molecule has 2 N–H and O–H groups in total. The summed E-state index contributed by atoms with van der Waals surface area (Å²) in [4.78, 5) is 35.6. The van der Waals surface area contributed by atoms with E-state index in [2.05, 4.69) is 68.6 Å². The van der Waals surface area contributed by atoms with Gasteiger partial charge in [0.15, 0.2) is 5.65 Å².